The normalized spacial score (nSPS) is 13.9. The summed E-state index contributed by atoms with van der Waals surface area (Å²) in [6.45, 7) is 25.1. The number of nitrogens with zero attached hydrogens (tertiary/aromatic N) is 1. The molecule has 0 heterocycles. The van der Waals surface area contributed by atoms with Gasteiger partial charge in [-0.1, -0.05) is 87.0 Å². The molecule has 0 saturated heterocycles. The van der Waals surface area contributed by atoms with Crippen LogP contribution >= 0.6 is 7.60 Å². The van der Waals surface area contributed by atoms with Crippen molar-refractivity contribution in [2.45, 2.75) is 156 Å². The summed E-state index contributed by atoms with van der Waals surface area (Å²) in [5, 5.41) is 15.0. The lowest BCUT2D eigenvalue weighted by Crippen LogP contribution is -3.00. The zero-order valence-electron chi connectivity index (χ0n) is 30.1. The van der Waals surface area contributed by atoms with E-state index in [0.29, 0.717) is 12.3 Å². The number of likely N-dealkylation sites (N-methyl/N-ethyl adjacent to an activating group) is 1. The molecule has 0 radical (unpaired) electrons. The molecule has 6 nitrogen and oxygen atoms in total. The molecule has 0 amide bonds. The van der Waals surface area contributed by atoms with Crippen molar-refractivity contribution in [3.63, 3.8) is 0 Å². The molecule has 1 aromatic rings. The summed E-state index contributed by atoms with van der Waals surface area (Å²) in [5.74, 6) is -0.349. The molecule has 0 saturated carbocycles. The minimum atomic E-state index is -3.65. The highest BCUT2D eigenvalue weighted by molar-refractivity contribution is 7.54. The first-order valence-electron chi connectivity index (χ1n) is 16.6. The summed E-state index contributed by atoms with van der Waals surface area (Å²) in [7, 11) is 0.914. The fourth-order valence-corrected chi connectivity index (χ4v) is 7.73. The van der Waals surface area contributed by atoms with Gasteiger partial charge in [-0.3, -0.25) is 9.88 Å². The molecule has 1 unspecified atom stereocenters. The molecule has 0 fully saturated rings. The molecule has 254 valence electrons. The second-order valence-corrected chi connectivity index (χ2v) is 17.5. The molecule has 0 aliphatic carbocycles. The molecule has 0 aromatic heterocycles. The van der Waals surface area contributed by atoms with Crippen molar-refractivity contribution in [3.05, 3.63) is 28.8 Å². The van der Waals surface area contributed by atoms with Gasteiger partial charge in [-0.25, -0.2) is 0 Å². The average Bonchev–Trinajstić information content (AvgIpc) is 2.81. The van der Waals surface area contributed by atoms with Crippen molar-refractivity contribution in [1.82, 2.24) is 5.32 Å². The van der Waals surface area contributed by atoms with Crippen LogP contribution in [-0.2, 0) is 24.4 Å². The molecule has 8 heteroatoms. The number of hydrogen-bond acceptors (Lipinski definition) is 5. The third-order valence-electron chi connectivity index (χ3n) is 7.77. The molecular weight excluding hydrogens is 623 g/mol. The fourth-order valence-electron chi connectivity index (χ4n) is 5.39. The van der Waals surface area contributed by atoms with Crippen molar-refractivity contribution in [1.29, 1.82) is 0 Å². The van der Waals surface area contributed by atoms with E-state index in [1.54, 1.807) is 0 Å². The van der Waals surface area contributed by atoms with Crippen molar-refractivity contribution in [2.75, 3.05) is 33.7 Å². The van der Waals surface area contributed by atoms with Crippen LogP contribution in [-0.4, -0.2) is 55.5 Å². The lowest BCUT2D eigenvalue weighted by atomic mass is 9.78. The Bertz CT molecular complexity index is 934. The highest BCUT2D eigenvalue weighted by Crippen LogP contribution is 2.62. The number of unbranched alkanes of at least 4 members (excludes halogenated alkanes) is 7. The number of rotatable bonds is 19. The van der Waals surface area contributed by atoms with Gasteiger partial charge in [0.15, 0.2) is 0 Å². The van der Waals surface area contributed by atoms with Gasteiger partial charge in [-0.05, 0) is 80.2 Å². The largest absolute Gasteiger partial charge is 1.00 e. The first kappa shape index (κ1) is 42.6. The summed E-state index contributed by atoms with van der Waals surface area (Å²) in [5.41, 5.74) is 1.90. The first-order valence-corrected chi connectivity index (χ1v) is 18.2. The quantitative estimate of drug-likeness (QED) is 0.0946. The van der Waals surface area contributed by atoms with Crippen molar-refractivity contribution in [2.24, 2.45) is 0 Å². The number of quaternary nitrogens is 1. The Morgan fingerprint density at radius 2 is 1.21 bits per heavy atom. The molecule has 1 aromatic carbocycles. The Kier molecular flexibility index (Phi) is 18.5. The van der Waals surface area contributed by atoms with Crippen LogP contribution in [0.5, 0.6) is 5.75 Å². The van der Waals surface area contributed by atoms with Gasteiger partial charge in [0.25, 0.3) is 0 Å². The first-order chi connectivity index (χ1) is 19.2. The maximum absolute atomic E-state index is 14.7. The van der Waals surface area contributed by atoms with Crippen LogP contribution in [0.15, 0.2) is 12.1 Å². The summed E-state index contributed by atoms with van der Waals surface area (Å²) in [6.07, 6.45) is 10.0. The predicted molar refractivity (Wildman–Crippen MR) is 181 cm³/mol. The molecular formula is C35H68BrN2O4P. The van der Waals surface area contributed by atoms with Gasteiger partial charge in [-0.15, -0.1) is 0 Å². The molecule has 0 aliphatic heterocycles. The molecule has 1 rings (SSSR count). The van der Waals surface area contributed by atoms with Crippen LogP contribution in [0.2, 0.25) is 0 Å². The number of benzene rings is 1. The Morgan fingerprint density at radius 3 is 1.60 bits per heavy atom. The molecule has 0 aliphatic rings. The predicted octanol–water partition coefficient (Wildman–Crippen LogP) is 6.84. The average molecular weight is 692 g/mol. The van der Waals surface area contributed by atoms with Gasteiger partial charge in [0.05, 0.1) is 39.4 Å². The van der Waals surface area contributed by atoms with Crippen molar-refractivity contribution >= 4 is 7.60 Å². The summed E-state index contributed by atoms with van der Waals surface area (Å²) < 4.78 is 27.9. The molecule has 0 spiro atoms. The smallest absolute Gasteiger partial charge is 0.352 e. The number of aromatic hydroxyl groups is 1. The van der Waals surface area contributed by atoms with Gasteiger partial charge in [-0.2, -0.15) is 0 Å². The van der Waals surface area contributed by atoms with Crippen LogP contribution in [0.25, 0.3) is 0 Å². The Hall–Kier alpha value is -0.430. The Balaban J connectivity index is 0.0000176. The van der Waals surface area contributed by atoms with Crippen LogP contribution in [0.1, 0.15) is 150 Å². The molecule has 1 atom stereocenters. The van der Waals surface area contributed by atoms with E-state index in [1.807, 2.05) is 39.8 Å². The van der Waals surface area contributed by atoms with Crippen molar-refractivity contribution < 1.29 is 40.2 Å². The summed E-state index contributed by atoms with van der Waals surface area (Å²) >= 11 is 0. The second-order valence-electron chi connectivity index (χ2n) is 15.5. The third kappa shape index (κ3) is 15.1. The van der Waals surface area contributed by atoms with Crippen molar-refractivity contribution in [3.8, 4) is 5.75 Å². The number of phenolic OH excluding ortho intramolecular Hbond substituents is 1. The van der Waals surface area contributed by atoms with E-state index in [9.17, 15) is 9.67 Å². The van der Waals surface area contributed by atoms with Gasteiger partial charge >= 0.3 is 7.60 Å². The minimum Gasteiger partial charge on any atom is -1.00 e. The number of phenols is 1. The van der Waals surface area contributed by atoms with E-state index in [0.717, 1.165) is 34.3 Å². The summed E-state index contributed by atoms with van der Waals surface area (Å²) in [4.78, 5) is 0. The summed E-state index contributed by atoms with van der Waals surface area (Å²) in [6, 6.07) is 4.01. The minimum absolute atomic E-state index is 0. The zero-order chi connectivity index (χ0) is 32.4. The van der Waals surface area contributed by atoms with E-state index >= 15 is 0 Å². The molecule has 2 N–H and O–H groups in total. The van der Waals surface area contributed by atoms with E-state index in [1.165, 1.54) is 51.4 Å². The molecule has 43 heavy (non-hydrogen) atoms. The number of halogens is 1. The second kappa shape index (κ2) is 18.6. The fraction of sp³-hybridized carbons (Fsp3) is 0.829. The lowest BCUT2D eigenvalue weighted by Gasteiger charge is -2.35. The van der Waals surface area contributed by atoms with Gasteiger partial charge in [0, 0.05) is 6.54 Å². The lowest BCUT2D eigenvalue weighted by molar-refractivity contribution is -0.889. The highest BCUT2D eigenvalue weighted by atomic mass is 79.9. The number of nitrogens with one attached hydrogen (secondary N) is 1. The van der Waals surface area contributed by atoms with Crippen LogP contribution in [0.3, 0.4) is 0 Å². The van der Waals surface area contributed by atoms with E-state index < -0.39 is 13.4 Å². The zero-order valence-corrected chi connectivity index (χ0v) is 32.6. The van der Waals surface area contributed by atoms with Crippen LogP contribution in [0, 0.1) is 0 Å². The maximum atomic E-state index is 14.7. The maximum Gasteiger partial charge on any atom is 0.352 e. The van der Waals surface area contributed by atoms with Gasteiger partial charge in [0.1, 0.15) is 11.5 Å². The third-order valence-corrected chi connectivity index (χ3v) is 10.3. The van der Waals surface area contributed by atoms with E-state index in [2.05, 4.69) is 67.9 Å². The van der Waals surface area contributed by atoms with Gasteiger partial charge < -0.3 is 35.6 Å². The Labute approximate surface area is 277 Å². The SMILES string of the molecule is CCCCCCCCCC[N+](C)(C)CCNC(c1cc(C(C)(C)C)c(O)c(C(C)(C)C)c1)P(=O)(OC(C)C)OC(C)C.[Br-]. The molecule has 0 bridgehead atoms. The monoisotopic (exact) mass is 690 g/mol. The number of hydrogen-bond donors (Lipinski definition) is 2. The topological polar surface area (TPSA) is 67.8 Å². The Morgan fingerprint density at radius 1 is 0.791 bits per heavy atom. The van der Waals surface area contributed by atoms with E-state index in [-0.39, 0.29) is 40.0 Å². The van der Waals surface area contributed by atoms with Crippen LogP contribution < -0.4 is 22.3 Å². The van der Waals surface area contributed by atoms with E-state index in [4.69, 9.17) is 9.05 Å². The highest BCUT2D eigenvalue weighted by Gasteiger charge is 2.41. The van der Waals surface area contributed by atoms with Crippen LogP contribution in [0.4, 0.5) is 0 Å². The standard InChI is InChI=1S/C35H67N2O4P.BrH/c1-14-15-16-17-18-19-20-21-23-37(12,13)24-22-36-33(42(39,40-27(2)3)41-28(4)5)29-25-30(34(6,7)8)32(38)31(26-29)35(9,10)11;/h25-28,33,36H,14-24H2,1-13H3;1H. The van der Waals surface area contributed by atoms with Gasteiger partial charge in [0.2, 0.25) is 0 Å².